The Morgan fingerprint density at radius 2 is 1.95 bits per heavy atom. The van der Waals surface area contributed by atoms with Crippen LogP contribution in [0.25, 0.3) is 0 Å². The van der Waals surface area contributed by atoms with Gasteiger partial charge in [0, 0.05) is 63.9 Å². The topological polar surface area (TPSA) is 85.9 Å². The number of hydrogen-bond acceptors (Lipinski definition) is 8. The number of nitrogens with zero attached hydrogens (tertiary/aromatic N) is 5. The van der Waals surface area contributed by atoms with Crippen LogP contribution in [-0.2, 0) is 22.1 Å². The summed E-state index contributed by atoms with van der Waals surface area (Å²) in [5.41, 5.74) is 1.99. The molecule has 1 aromatic heterocycles. The van der Waals surface area contributed by atoms with Crippen LogP contribution in [-0.4, -0.2) is 92.3 Å². The summed E-state index contributed by atoms with van der Waals surface area (Å²) >= 11 is 0. The molecule has 208 valence electrons. The third-order valence-electron chi connectivity index (χ3n) is 7.01. The number of halogens is 3. The molecule has 4 rings (SSSR count). The summed E-state index contributed by atoms with van der Waals surface area (Å²) in [6, 6.07) is 6.06. The highest BCUT2D eigenvalue weighted by Crippen LogP contribution is 2.34. The molecule has 1 aromatic carbocycles. The number of aryl methyl sites for hydroxylation is 1. The van der Waals surface area contributed by atoms with Crippen LogP contribution in [0.15, 0.2) is 24.4 Å². The van der Waals surface area contributed by atoms with Crippen LogP contribution in [0, 0.1) is 5.92 Å². The summed E-state index contributed by atoms with van der Waals surface area (Å²) < 4.78 is 46.0. The molecule has 0 unspecified atom stereocenters. The van der Waals surface area contributed by atoms with Gasteiger partial charge in [-0.05, 0) is 43.7 Å². The number of alkyl halides is 3. The smallest absolute Gasteiger partial charge is 0.380 e. The third kappa shape index (κ3) is 6.84. The number of nitrogens with one attached hydrogen (secondary N) is 2. The third-order valence-corrected chi connectivity index (χ3v) is 7.01. The zero-order valence-corrected chi connectivity index (χ0v) is 22.1. The molecule has 0 radical (unpaired) electrons. The Morgan fingerprint density at radius 3 is 2.58 bits per heavy atom. The highest BCUT2D eigenvalue weighted by Gasteiger charge is 2.35. The van der Waals surface area contributed by atoms with Crippen molar-refractivity contribution in [3.63, 3.8) is 0 Å². The van der Waals surface area contributed by atoms with Gasteiger partial charge in [-0.15, -0.1) is 0 Å². The lowest BCUT2D eigenvalue weighted by atomic mass is 10.1. The van der Waals surface area contributed by atoms with Gasteiger partial charge in [0.05, 0.1) is 19.1 Å². The molecule has 2 saturated heterocycles. The molecule has 9 nitrogen and oxygen atoms in total. The van der Waals surface area contributed by atoms with Crippen LogP contribution >= 0.6 is 0 Å². The van der Waals surface area contributed by atoms with Crippen LogP contribution in [0.4, 0.5) is 36.3 Å². The van der Waals surface area contributed by atoms with Gasteiger partial charge in [-0.1, -0.05) is 6.92 Å². The predicted octanol–water partition coefficient (Wildman–Crippen LogP) is 3.46. The number of ether oxygens (including phenoxy) is 1. The summed E-state index contributed by atoms with van der Waals surface area (Å²) in [7, 11) is 3.80. The molecule has 2 aliphatic heterocycles. The van der Waals surface area contributed by atoms with Gasteiger partial charge in [-0.2, -0.15) is 18.2 Å². The van der Waals surface area contributed by atoms with Crippen molar-refractivity contribution in [1.29, 1.82) is 0 Å². The molecule has 12 heteroatoms. The van der Waals surface area contributed by atoms with Crippen LogP contribution < -0.4 is 15.5 Å². The first kappa shape index (κ1) is 27.9. The van der Waals surface area contributed by atoms with Gasteiger partial charge in [0.1, 0.15) is 11.4 Å². The number of carbonyl (C=O) groups excluding carboxylic acids is 1. The van der Waals surface area contributed by atoms with E-state index in [0.29, 0.717) is 26.2 Å². The Balaban J connectivity index is 1.42. The molecule has 0 spiro atoms. The number of carbonyl (C=O) groups is 1. The van der Waals surface area contributed by atoms with Crippen molar-refractivity contribution < 1.29 is 22.7 Å². The predicted molar refractivity (Wildman–Crippen MR) is 141 cm³/mol. The molecule has 1 amide bonds. The van der Waals surface area contributed by atoms with Crippen molar-refractivity contribution in [3.8, 4) is 0 Å². The lowest BCUT2D eigenvalue weighted by Gasteiger charge is -2.34. The van der Waals surface area contributed by atoms with E-state index in [9.17, 15) is 18.0 Å². The summed E-state index contributed by atoms with van der Waals surface area (Å²) in [5.74, 6) is -0.335. The SMILES string of the molecule is CCc1cc(N2CCN(C)CC2)ccc1Nc1ncc(C(F)(F)F)c(NCCCN(C)C(=O)C2COC2)n1. The van der Waals surface area contributed by atoms with Crippen molar-refractivity contribution in [1.82, 2.24) is 19.8 Å². The van der Waals surface area contributed by atoms with Gasteiger partial charge in [-0.3, -0.25) is 4.79 Å². The fourth-order valence-corrected chi connectivity index (χ4v) is 4.48. The van der Waals surface area contributed by atoms with E-state index >= 15 is 0 Å². The molecule has 0 saturated carbocycles. The fourth-order valence-electron chi connectivity index (χ4n) is 4.48. The van der Waals surface area contributed by atoms with E-state index in [-0.39, 0.29) is 30.1 Å². The normalized spacial score (nSPS) is 16.7. The minimum Gasteiger partial charge on any atom is -0.380 e. The first-order chi connectivity index (χ1) is 18.2. The average Bonchev–Trinajstić information content (AvgIpc) is 2.85. The van der Waals surface area contributed by atoms with E-state index in [1.807, 2.05) is 19.1 Å². The van der Waals surface area contributed by atoms with Crippen molar-refractivity contribution >= 4 is 29.0 Å². The molecule has 0 atom stereocenters. The van der Waals surface area contributed by atoms with Crippen molar-refractivity contribution in [2.45, 2.75) is 25.9 Å². The lowest BCUT2D eigenvalue weighted by molar-refractivity contribution is -0.148. The standard InChI is InChI=1S/C26H36F3N7O2/c1-4-18-14-20(36-12-10-34(2)11-13-36)6-7-22(18)32-25-31-15-21(26(27,28)29)23(33-25)30-8-5-9-35(3)24(37)19-16-38-17-19/h6-7,14-15,19H,4-5,8-13,16-17H2,1-3H3,(H2,30,31,32,33). The first-order valence-corrected chi connectivity index (χ1v) is 13.0. The number of piperazine rings is 1. The second-order valence-electron chi connectivity index (χ2n) is 9.84. The second-order valence-corrected chi connectivity index (χ2v) is 9.84. The highest BCUT2D eigenvalue weighted by atomic mass is 19.4. The van der Waals surface area contributed by atoms with E-state index in [4.69, 9.17) is 4.74 Å². The molecule has 3 heterocycles. The van der Waals surface area contributed by atoms with Crippen molar-refractivity contribution in [2.75, 3.05) is 82.1 Å². The molecule has 0 aliphatic carbocycles. The molecular weight excluding hydrogens is 499 g/mol. The molecule has 2 aliphatic rings. The molecule has 2 N–H and O–H groups in total. The Labute approximate surface area is 221 Å². The van der Waals surface area contributed by atoms with Crippen LogP contribution in [0.2, 0.25) is 0 Å². The van der Waals surface area contributed by atoms with Gasteiger partial charge < -0.3 is 30.1 Å². The Hall–Kier alpha value is -3.12. The number of likely N-dealkylation sites (N-methyl/N-ethyl adjacent to an activating group) is 1. The zero-order chi connectivity index (χ0) is 27.3. The minimum atomic E-state index is -4.60. The second kappa shape index (κ2) is 12.2. The number of benzene rings is 1. The quantitative estimate of drug-likeness (QED) is 0.448. The number of rotatable bonds is 10. The molecular formula is C26H36F3N7O2. The van der Waals surface area contributed by atoms with Crippen LogP contribution in [0.3, 0.4) is 0 Å². The maximum Gasteiger partial charge on any atom is 0.421 e. The Morgan fingerprint density at radius 1 is 1.21 bits per heavy atom. The van der Waals surface area contributed by atoms with Crippen LogP contribution in [0.1, 0.15) is 24.5 Å². The minimum absolute atomic E-state index is 0.00822. The Bertz CT molecular complexity index is 1100. The van der Waals surface area contributed by atoms with Gasteiger partial charge in [0.2, 0.25) is 11.9 Å². The molecule has 0 bridgehead atoms. The molecule has 2 fully saturated rings. The number of hydrogen-bond donors (Lipinski definition) is 2. The summed E-state index contributed by atoms with van der Waals surface area (Å²) in [4.78, 5) is 26.5. The number of amides is 1. The van der Waals surface area contributed by atoms with Crippen molar-refractivity contribution in [2.24, 2.45) is 5.92 Å². The Kier molecular flexibility index (Phi) is 8.93. The summed E-state index contributed by atoms with van der Waals surface area (Å²) in [6.45, 7) is 7.41. The average molecular weight is 536 g/mol. The van der Waals surface area contributed by atoms with E-state index in [1.165, 1.54) is 0 Å². The molecule has 2 aromatic rings. The van der Waals surface area contributed by atoms with E-state index in [1.54, 1.807) is 11.9 Å². The fraction of sp³-hybridized carbons (Fsp3) is 0.577. The van der Waals surface area contributed by atoms with Gasteiger partial charge in [-0.25, -0.2) is 4.98 Å². The summed E-state index contributed by atoms with van der Waals surface area (Å²) in [5, 5.41) is 5.90. The van der Waals surface area contributed by atoms with Crippen LogP contribution in [0.5, 0.6) is 0 Å². The highest BCUT2D eigenvalue weighted by molar-refractivity contribution is 5.79. The summed E-state index contributed by atoms with van der Waals surface area (Å²) in [6.07, 6.45) is -2.59. The monoisotopic (exact) mass is 535 g/mol. The van der Waals surface area contributed by atoms with Gasteiger partial charge >= 0.3 is 6.18 Å². The maximum atomic E-state index is 13.6. The van der Waals surface area contributed by atoms with Gasteiger partial charge in [0.25, 0.3) is 0 Å². The number of anilines is 4. The van der Waals surface area contributed by atoms with E-state index in [0.717, 1.165) is 55.7 Å². The first-order valence-electron chi connectivity index (χ1n) is 13.0. The van der Waals surface area contributed by atoms with Crippen molar-refractivity contribution in [3.05, 3.63) is 35.5 Å². The van der Waals surface area contributed by atoms with E-state index in [2.05, 4.69) is 43.5 Å². The lowest BCUT2D eigenvalue weighted by Crippen LogP contribution is -2.44. The van der Waals surface area contributed by atoms with Gasteiger partial charge in [0.15, 0.2) is 0 Å². The zero-order valence-electron chi connectivity index (χ0n) is 22.1. The number of aromatic nitrogens is 2. The molecule has 38 heavy (non-hydrogen) atoms. The largest absolute Gasteiger partial charge is 0.421 e. The maximum absolute atomic E-state index is 13.6. The van der Waals surface area contributed by atoms with E-state index < -0.39 is 11.7 Å².